The molecular weight excluding hydrogens is 356 g/mol. The van der Waals surface area contributed by atoms with Gasteiger partial charge in [-0.15, -0.1) is 0 Å². The number of carbonyl (C=O) groups is 2. The second-order valence-corrected chi connectivity index (χ2v) is 7.38. The van der Waals surface area contributed by atoms with Gasteiger partial charge in [0, 0.05) is 20.0 Å². The lowest BCUT2D eigenvalue weighted by Gasteiger charge is -2.18. The number of esters is 2. The number of methoxy groups -OCH3 is 2. The Kier molecular flexibility index (Phi) is 18.1. The van der Waals surface area contributed by atoms with E-state index in [0.29, 0.717) is 6.42 Å². The van der Waals surface area contributed by atoms with Crippen LogP contribution in [0.4, 0.5) is 0 Å². The normalized spacial score (nSPS) is 13.4. The van der Waals surface area contributed by atoms with Crippen LogP contribution in [0.3, 0.4) is 0 Å². The van der Waals surface area contributed by atoms with Gasteiger partial charge in [0.05, 0.1) is 7.11 Å². The molecule has 0 aliphatic heterocycles. The monoisotopic (exact) mass is 398 g/mol. The van der Waals surface area contributed by atoms with Crippen molar-refractivity contribution in [1.29, 1.82) is 0 Å². The van der Waals surface area contributed by atoms with Gasteiger partial charge in [-0.05, 0) is 39.0 Å². The maximum Gasteiger partial charge on any atom is 0.335 e. The van der Waals surface area contributed by atoms with E-state index in [4.69, 9.17) is 9.47 Å². The van der Waals surface area contributed by atoms with Crippen LogP contribution in [0.15, 0.2) is 12.2 Å². The summed E-state index contributed by atoms with van der Waals surface area (Å²) >= 11 is 0. The van der Waals surface area contributed by atoms with Crippen LogP contribution in [0.25, 0.3) is 0 Å². The number of unbranched alkanes of at least 4 members (excludes halogenated alkanes) is 8. The highest BCUT2D eigenvalue weighted by Crippen LogP contribution is 2.14. The largest absolute Gasteiger partial charge is 0.469 e. The Morgan fingerprint density at radius 1 is 0.893 bits per heavy atom. The maximum absolute atomic E-state index is 12.0. The fourth-order valence-electron chi connectivity index (χ4n) is 2.91. The first-order valence-corrected chi connectivity index (χ1v) is 11.0. The highest BCUT2D eigenvalue weighted by molar-refractivity contribution is 5.74. The minimum absolute atomic E-state index is 0.0588. The van der Waals surface area contributed by atoms with Gasteiger partial charge >= 0.3 is 11.9 Å². The van der Waals surface area contributed by atoms with Crippen LogP contribution < -0.4 is 0 Å². The molecule has 0 aliphatic rings. The molecule has 1 unspecified atom stereocenters. The topological polar surface area (TPSA) is 61.8 Å². The lowest BCUT2D eigenvalue weighted by Crippen LogP contribution is -2.27. The molecule has 0 amide bonds. The summed E-state index contributed by atoms with van der Waals surface area (Å²) in [7, 11) is 2.96. The molecule has 5 nitrogen and oxygen atoms in total. The molecule has 0 aromatic carbocycles. The summed E-state index contributed by atoms with van der Waals surface area (Å²) in [5, 5.41) is 0. The molecule has 164 valence electrons. The highest BCUT2D eigenvalue weighted by Gasteiger charge is 2.18. The van der Waals surface area contributed by atoms with Gasteiger partial charge in [0.2, 0.25) is 0 Å². The van der Waals surface area contributed by atoms with E-state index in [1.54, 1.807) is 6.92 Å². The first-order chi connectivity index (χ1) is 13.5. The van der Waals surface area contributed by atoms with Crippen LogP contribution in [0.5, 0.6) is 0 Å². The van der Waals surface area contributed by atoms with Crippen LogP contribution >= 0.6 is 0 Å². The quantitative estimate of drug-likeness (QED) is 0.167. The molecule has 0 rings (SSSR count). The fourth-order valence-corrected chi connectivity index (χ4v) is 2.91. The first-order valence-electron chi connectivity index (χ1n) is 11.0. The van der Waals surface area contributed by atoms with Crippen molar-refractivity contribution >= 4 is 11.9 Å². The molecule has 28 heavy (non-hydrogen) atoms. The Balaban J connectivity index is 3.99. The minimum atomic E-state index is -0.513. The molecule has 0 saturated heterocycles. The minimum Gasteiger partial charge on any atom is -0.469 e. The van der Waals surface area contributed by atoms with E-state index in [1.165, 1.54) is 39.9 Å². The van der Waals surface area contributed by atoms with Crippen LogP contribution in [-0.2, 0) is 23.8 Å². The molecule has 2 atom stereocenters. The second-order valence-electron chi connectivity index (χ2n) is 7.38. The van der Waals surface area contributed by atoms with Gasteiger partial charge in [0.15, 0.2) is 6.10 Å². The lowest BCUT2D eigenvalue weighted by molar-refractivity contribution is -0.160. The third-order valence-corrected chi connectivity index (χ3v) is 4.89. The van der Waals surface area contributed by atoms with Crippen molar-refractivity contribution in [2.75, 3.05) is 14.2 Å². The SMILES string of the molecule is CCCCCCC(C/C=C\CCCCCCCC(=O)OC)OC(=O)[C@@H](C)OC. The molecule has 5 heteroatoms. The van der Waals surface area contributed by atoms with E-state index < -0.39 is 6.10 Å². The van der Waals surface area contributed by atoms with Crippen molar-refractivity contribution in [3.8, 4) is 0 Å². The van der Waals surface area contributed by atoms with Crippen LogP contribution in [0, 0.1) is 0 Å². The number of carbonyl (C=O) groups excluding carboxylic acids is 2. The summed E-state index contributed by atoms with van der Waals surface area (Å²) in [6.07, 6.45) is 17.2. The summed E-state index contributed by atoms with van der Waals surface area (Å²) in [5.41, 5.74) is 0. The molecule has 0 aromatic rings. The molecule has 0 heterocycles. The molecule has 0 saturated carbocycles. The third-order valence-electron chi connectivity index (χ3n) is 4.89. The molecule has 0 radical (unpaired) electrons. The van der Waals surface area contributed by atoms with Gasteiger partial charge in [-0.3, -0.25) is 4.79 Å². The fraction of sp³-hybridized carbons (Fsp3) is 0.826. The molecule has 0 fully saturated rings. The van der Waals surface area contributed by atoms with Crippen molar-refractivity contribution in [1.82, 2.24) is 0 Å². The van der Waals surface area contributed by atoms with Gasteiger partial charge < -0.3 is 14.2 Å². The maximum atomic E-state index is 12.0. The molecule has 0 spiro atoms. The van der Waals surface area contributed by atoms with Gasteiger partial charge in [-0.1, -0.05) is 57.6 Å². The van der Waals surface area contributed by atoms with Crippen LogP contribution in [0.2, 0.25) is 0 Å². The smallest absolute Gasteiger partial charge is 0.335 e. The van der Waals surface area contributed by atoms with Crippen molar-refractivity contribution in [3.05, 3.63) is 12.2 Å². The van der Waals surface area contributed by atoms with E-state index in [2.05, 4.69) is 23.8 Å². The van der Waals surface area contributed by atoms with Crippen molar-refractivity contribution in [2.45, 2.75) is 110 Å². The predicted molar refractivity (Wildman–Crippen MR) is 113 cm³/mol. The number of hydrogen-bond donors (Lipinski definition) is 0. The average Bonchev–Trinajstić information content (AvgIpc) is 2.71. The van der Waals surface area contributed by atoms with Crippen molar-refractivity contribution in [2.24, 2.45) is 0 Å². The zero-order valence-electron chi connectivity index (χ0n) is 18.5. The van der Waals surface area contributed by atoms with Crippen LogP contribution in [0.1, 0.15) is 97.3 Å². The molecule has 0 N–H and O–H groups in total. The van der Waals surface area contributed by atoms with E-state index in [-0.39, 0.29) is 18.0 Å². The summed E-state index contributed by atoms with van der Waals surface area (Å²) in [6, 6.07) is 0. The summed E-state index contributed by atoms with van der Waals surface area (Å²) in [6.45, 7) is 3.91. The van der Waals surface area contributed by atoms with E-state index in [0.717, 1.165) is 51.4 Å². The molecular formula is C23H42O5. The number of rotatable bonds is 18. The third kappa shape index (κ3) is 15.7. The predicted octanol–water partition coefficient (Wildman–Crippen LogP) is 5.75. The summed E-state index contributed by atoms with van der Waals surface area (Å²) in [5.74, 6) is -0.392. The van der Waals surface area contributed by atoms with Crippen LogP contribution in [-0.4, -0.2) is 38.4 Å². The second kappa shape index (κ2) is 19.0. The average molecular weight is 399 g/mol. The van der Waals surface area contributed by atoms with E-state index in [9.17, 15) is 9.59 Å². The highest BCUT2D eigenvalue weighted by atomic mass is 16.6. The number of ether oxygens (including phenoxy) is 3. The summed E-state index contributed by atoms with van der Waals surface area (Å²) < 4.78 is 15.3. The molecule has 0 aliphatic carbocycles. The Hall–Kier alpha value is -1.36. The van der Waals surface area contributed by atoms with Crippen molar-refractivity contribution in [3.63, 3.8) is 0 Å². The lowest BCUT2D eigenvalue weighted by atomic mass is 10.1. The zero-order chi connectivity index (χ0) is 21.0. The van der Waals surface area contributed by atoms with Gasteiger partial charge in [0.25, 0.3) is 0 Å². The van der Waals surface area contributed by atoms with E-state index in [1.807, 2.05) is 0 Å². The molecule has 0 bridgehead atoms. The van der Waals surface area contributed by atoms with Crippen molar-refractivity contribution < 1.29 is 23.8 Å². The standard InChI is InChI=1S/C23H42O5/c1-5-6-7-14-17-21(28-23(25)20(2)26-3)18-15-12-10-8-9-11-13-16-19-22(24)27-4/h12,15,20-21H,5-11,13-14,16-19H2,1-4H3/b15-12-/t20-,21?/m1/s1. The summed E-state index contributed by atoms with van der Waals surface area (Å²) in [4.78, 5) is 23.0. The number of allylic oxidation sites excluding steroid dienone is 1. The Labute approximate surface area is 172 Å². The number of hydrogen-bond acceptors (Lipinski definition) is 5. The Bertz CT molecular complexity index is 419. The van der Waals surface area contributed by atoms with Gasteiger partial charge in [-0.2, -0.15) is 0 Å². The zero-order valence-corrected chi connectivity index (χ0v) is 18.5. The first kappa shape index (κ1) is 26.6. The Morgan fingerprint density at radius 3 is 2.25 bits per heavy atom. The molecule has 0 aromatic heterocycles. The Morgan fingerprint density at radius 2 is 1.57 bits per heavy atom. The van der Waals surface area contributed by atoms with Gasteiger partial charge in [-0.25, -0.2) is 4.79 Å². The van der Waals surface area contributed by atoms with Gasteiger partial charge in [0.1, 0.15) is 6.10 Å². The van der Waals surface area contributed by atoms with E-state index >= 15 is 0 Å².